The molecule has 5 unspecified atom stereocenters. The van der Waals surface area contributed by atoms with E-state index >= 15 is 0 Å². The lowest BCUT2D eigenvalue weighted by molar-refractivity contribution is -0.142. The third kappa shape index (κ3) is 10.6. The molecule has 15 heteroatoms. The maximum absolute atomic E-state index is 12.6. The highest BCUT2D eigenvalue weighted by Crippen LogP contribution is 2.03. The average Bonchev–Trinajstić information content (AvgIpc) is 2.66. The topological polar surface area (TPSA) is 257 Å². The van der Waals surface area contributed by atoms with Crippen LogP contribution in [0, 0.1) is 0 Å². The number of nitrogens with two attached hydrogens (primary N) is 3. The van der Waals surface area contributed by atoms with Gasteiger partial charge < -0.3 is 43.4 Å². The zero-order chi connectivity index (χ0) is 24.3. The molecule has 0 bridgehead atoms. The van der Waals surface area contributed by atoms with E-state index in [4.69, 9.17) is 22.3 Å². The van der Waals surface area contributed by atoms with Crippen LogP contribution in [0.4, 0.5) is 0 Å². The van der Waals surface area contributed by atoms with Gasteiger partial charge in [0.2, 0.25) is 29.5 Å². The molecule has 5 amide bonds. The first kappa shape index (κ1) is 28.1. The van der Waals surface area contributed by atoms with Gasteiger partial charge >= 0.3 is 5.97 Å². The number of thiol groups is 1. The number of rotatable bonds is 14. The largest absolute Gasteiger partial charge is 0.480 e. The van der Waals surface area contributed by atoms with Crippen LogP contribution >= 0.6 is 12.6 Å². The van der Waals surface area contributed by atoms with Crippen LogP contribution in [-0.4, -0.2) is 81.7 Å². The molecule has 0 aromatic rings. The Labute approximate surface area is 183 Å². The van der Waals surface area contributed by atoms with Crippen molar-refractivity contribution in [3.8, 4) is 0 Å². The molecule has 0 saturated heterocycles. The van der Waals surface area contributed by atoms with Crippen molar-refractivity contribution in [1.82, 2.24) is 16.0 Å². The van der Waals surface area contributed by atoms with Gasteiger partial charge in [0.05, 0.1) is 12.5 Å². The van der Waals surface area contributed by atoms with Crippen molar-refractivity contribution < 1.29 is 39.0 Å². The number of amides is 5. The quantitative estimate of drug-likeness (QED) is 0.112. The average molecular weight is 465 g/mol. The SMILES string of the molecule is CC(O)C(N)C(=O)NC(CC(N)=O)C(=O)NC(CCC(N)=O)C(=O)NC(CS)C(=O)O. The molecule has 0 heterocycles. The number of carbonyl (C=O) groups excluding carboxylic acids is 5. The summed E-state index contributed by atoms with van der Waals surface area (Å²) < 4.78 is 0. The molecule has 5 atom stereocenters. The Morgan fingerprint density at radius 3 is 1.77 bits per heavy atom. The first-order valence-corrected chi connectivity index (χ1v) is 9.68. The molecule has 0 rings (SSSR count). The maximum atomic E-state index is 12.6. The van der Waals surface area contributed by atoms with Gasteiger partial charge in [-0.3, -0.25) is 24.0 Å². The van der Waals surface area contributed by atoms with Crippen LogP contribution in [0.5, 0.6) is 0 Å². The van der Waals surface area contributed by atoms with Gasteiger partial charge in [-0.25, -0.2) is 4.79 Å². The molecular weight excluding hydrogens is 436 g/mol. The van der Waals surface area contributed by atoms with Crippen molar-refractivity contribution in [2.75, 3.05) is 5.75 Å². The highest BCUT2D eigenvalue weighted by atomic mass is 32.1. The highest BCUT2D eigenvalue weighted by molar-refractivity contribution is 7.80. The third-order valence-electron chi connectivity index (χ3n) is 3.97. The molecule has 176 valence electrons. The Balaban J connectivity index is 5.51. The molecule has 0 aromatic carbocycles. The molecule has 14 nitrogen and oxygen atoms in total. The van der Waals surface area contributed by atoms with E-state index in [0.29, 0.717) is 0 Å². The molecule has 31 heavy (non-hydrogen) atoms. The summed E-state index contributed by atoms with van der Waals surface area (Å²) in [7, 11) is 0. The van der Waals surface area contributed by atoms with E-state index in [0.717, 1.165) is 0 Å². The number of primary amides is 2. The van der Waals surface area contributed by atoms with E-state index in [9.17, 15) is 33.9 Å². The predicted molar refractivity (Wildman–Crippen MR) is 109 cm³/mol. The number of carboxylic acid groups (broad SMARTS) is 1. The molecule has 0 aliphatic heterocycles. The lowest BCUT2D eigenvalue weighted by atomic mass is 10.1. The molecular formula is C16H28N6O8S. The van der Waals surface area contributed by atoms with Crippen LogP contribution in [-0.2, 0) is 28.8 Å². The van der Waals surface area contributed by atoms with Crippen molar-refractivity contribution in [3.05, 3.63) is 0 Å². The van der Waals surface area contributed by atoms with E-state index < -0.39 is 72.2 Å². The molecule has 0 spiro atoms. The lowest BCUT2D eigenvalue weighted by Gasteiger charge is -2.24. The van der Waals surface area contributed by atoms with Gasteiger partial charge in [0, 0.05) is 12.2 Å². The summed E-state index contributed by atoms with van der Waals surface area (Å²) >= 11 is 3.81. The van der Waals surface area contributed by atoms with Gasteiger partial charge in [0.25, 0.3) is 0 Å². The summed E-state index contributed by atoms with van der Waals surface area (Å²) in [6.45, 7) is 1.23. The fourth-order valence-corrected chi connectivity index (χ4v) is 2.43. The fraction of sp³-hybridized carbons (Fsp3) is 0.625. The minimum atomic E-state index is -1.56. The summed E-state index contributed by atoms with van der Waals surface area (Å²) in [4.78, 5) is 70.5. The smallest absolute Gasteiger partial charge is 0.327 e. The van der Waals surface area contributed by atoms with Crippen LogP contribution in [0.3, 0.4) is 0 Å². The van der Waals surface area contributed by atoms with Crippen molar-refractivity contribution in [2.45, 2.75) is 56.5 Å². The van der Waals surface area contributed by atoms with Gasteiger partial charge in [-0.05, 0) is 13.3 Å². The summed E-state index contributed by atoms with van der Waals surface area (Å²) in [6.07, 6.45) is -2.56. The minimum absolute atomic E-state index is 0.255. The van der Waals surface area contributed by atoms with Crippen molar-refractivity contribution in [1.29, 1.82) is 0 Å². The number of aliphatic hydroxyl groups excluding tert-OH is 1. The van der Waals surface area contributed by atoms with Crippen molar-refractivity contribution in [3.63, 3.8) is 0 Å². The number of aliphatic hydroxyl groups is 1. The Morgan fingerprint density at radius 1 is 0.871 bits per heavy atom. The number of hydrogen-bond donors (Lipinski definition) is 9. The summed E-state index contributed by atoms with van der Waals surface area (Å²) in [5, 5.41) is 24.9. The zero-order valence-electron chi connectivity index (χ0n) is 16.7. The fourth-order valence-electron chi connectivity index (χ4n) is 2.18. The predicted octanol–water partition coefficient (Wildman–Crippen LogP) is -4.70. The number of carbonyl (C=O) groups is 6. The lowest BCUT2D eigenvalue weighted by Crippen LogP contribution is -2.58. The Morgan fingerprint density at radius 2 is 1.35 bits per heavy atom. The molecule has 0 radical (unpaired) electrons. The Hall–Kier alpha value is -2.91. The molecule has 0 aliphatic rings. The van der Waals surface area contributed by atoms with Gasteiger partial charge in [-0.1, -0.05) is 0 Å². The second kappa shape index (κ2) is 13.4. The van der Waals surface area contributed by atoms with E-state index in [2.05, 4.69) is 28.6 Å². The van der Waals surface area contributed by atoms with Gasteiger partial charge in [-0.2, -0.15) is 12.6 Å². The summed E-state index contributed by atoms with van der Waals surface area (Å²) in [6, 6.07) is -5.78. The third-order valence-corrected chi connectivity index (χ3v) is 4.34. The van der Waals surface area contributed by atoms with Crippen LogP contribution in [0.1, 0.15) is 26.2 Å². The summed E-state index contributed by atoms with van der Waals surface area (Å²) in [5.41, 5.74) is 15.6. The van der Waals surface area contributed by atoms with Crippen molar-refractivity contribution in [2.24, 2.45) is 17.2 Å². The van der Waals surface area contributed by atoms with Gasteiger partial charge in [0.1, 0.15) is 24.2 Å². The molecule has 0 saturated carbocycles. The molecule has 0 fully saturated rings. The zero-order valence-corrected chi connectivity index (χ0v) is 17.6. The standard InChI is InChI=1S/C16H28N6O8S/c1-6(23)12(19)15(28)21-8(4-11(18)25)14(27)20-7(2-3-10(17)24)13(26)22-9(5-31)16(29)30/h6-9,12,23,31H,2-5,19H2,1H3,(H2,17,24)(H2,18,25)(H,20,27)(H,21,28)(H,22,26)(H,29,30). The minimum Gasteiger partial charge on any atom is -0.480 e. The van der Waals surface area contributed by atoms with Crippen molar-refractivity contribution >= 4 is 48.1 Å². The van der Waals surface area contributed by atoms with E-state index in [1.165, 1.54) is 6.92 Å². The normalized spacial score (nSPS) is 15.5. The molecule has 0 aliphatic carbocycles. The van der Waals surface area contributed by atoms with E-state index in [-0.39, 0.29) is 18.6 Å². The molecule has 0 aromatic heterocycles. The monoisotopic (exact) mass is 464 g/mol. The van der Waals surface area contributed by atoms with Gasteiger partial charge in [-0.15, -0.1) is 0 Å². The number of carboxylic acids is 1. The first-order chi connectivity index (χ1) is 14.3. The van der Waals surface area contributed by atoms with Crippen LogP contribution < -0.4 is 33.2 Å². The summed E-state index contributed by atoms with van der Waals surface area (Å²) in [5.74, 6) is -6.35. The Bertz CT molecular complexity index is 704. The van der Waals surface area contributed by atoms with Crippen LogP contribution in [0.25, 0.3) is 0 Å². The number of aliphatic carboxylic acids is 1. The number of nitrogens with one attached hydrogen (secondary N) is 3. The van der Waals surface area contributed by atoms with Gasteiger partial charge in [0.15, 0.2) is 0 Å². The highest BCUT2D eigenvalue weighted by Gasteiger charge is 2.31. The number of hydrogen-bond acceptors (Lipinski definition) is 9. The van der Waals surface area contributed by atoms with E-state index in [1.807, 2.05) is 0 Å². The van der Waals surface area contributed by atoms with E-state index in [1.54, 1.807) is 0 Å². The van der Waals surface area contributed by atoms with Crippen LogP contribution in [0.15, 0.2) is 0 Å². The first-order valence-electron chi connectivity index (χ1n) is 9.05. The van der Waals surface area contributed by atoms with Crippen LogP contribution in [0.2, 0.25) is 0 Å². The maximum Gasteiger partial charge on any atom is 0.327 e. The molecule has 11 N–H and O–H groups in total. The second-order valence-electron chi connectivity index (χ2n) is 6.65. The second-order valence-corrected chi connectivity index (χ2v) is 7.01. The Kier molecular flexibility index (Phi) is 12.1.